The minimum atomic E-state index is -0.138. The lowest BCUT2D eigenvalue weighted by Gasteiger charge is -2.09. The van der Waals surface area contributed by atoms with E-state index in [2.05, 4.69) is 15.7 Å². The third-order valence-electron chi connectivity index (χ3n) is 3.37. The molecule has 1 aromatic heterocycles. The van der Waals surface area contributed by atoms with Gasteiger partial charge in [0.25, 0.3) is 0 Å². The Morgan fingerprint density at radius 3 is 3.16 bits per heavy atom. The molecular weight excluding hydrogens is 240 g/mol. The molecule has 0 aliphatic carbocycles. The lowest BCUT2D eigenvalue weighted by molar-refractivity contribution is -0.117. The summed E-state index contributed by atoms with van der Waals surface area (Å²) >= 11 is 0. The van der Waals surface area contributed by atoms with Gasteiger partial charge in [0, 0.05) is 25.0 Å². The lowest BCUT2D eigenvalue weighted by Crippen LogP contribution is -2.22. The van der Waals surface area contributed by atoms with Gasteiger partial charge in [0.2, 0.25) is 5.91 Å². The molecule has 0 radical (unpaired) electrons. The van der Waals surface area contributed by atoms with Gasteiger partial charge in [-0.15, -0.1) is 0 Å². The number of benzene rings is 1. The van der Waals surface area contributed by atoms with Crippen LogP contribution in [0, 0.1) is 0 Å². The van der Waals surface area contributed by atoms with E-state index in [-0.39, 0.29) is 11.8 Å². The van der Waals surface area contributed by atoms with Crippen molar-refractivity contribution in [1.29, 1.82) is 0 Å². The number of hydrogen-bond donors (Lipinski definition) is 2. The Kier molecular flexibility index (Phi) is 2.95. The fourth-order valence-corrected chi connectivity index (χ4v) is 2.35. The molecule has 98 valence electrons. The van der Waals surface area contributed by atoms with Crippen LogP contribution in [0.1, 0.15) is 18.4 Å². The average Bonchev–Trinajstić information content (AvgIpc) is 3.04. The molecule has 5 heteroatoms. The van der Waals surface area contributed by atoms with Gasteiger partial charge in [0.1, 0.15) is 0 Å². The number of rotatable bonds is 3. The lowest BCUT2D eigenvalue weighted by atomic mass is 10.0. The van der Waals surface area contributed by atoms with Crippen LogP contribution in [0.4, 0.5) is 11.4 Å². The van der Waals surface area contributed by atoms with Crippen molar-refractivity contribution < 1.29 is 4.79 Å². The number of nitrogens with one attached hydrogen (secondary N) is 2. The van der Waals surface area contributed by atoms with Crippen LogP contribution in [0.15, 0.2) is 36.7 Å². The third-order valence-corrected chi connectivity index (χ3v) is 3.37. The molecule has 0 spiro atoms. The fourth-order valence-electron chi connectivity index (χ4n) is 2.35. The fraction of sp³-hybridized carbons (Fsp3) is 0.286. The maximum atomic E-state index is 12.3. The highest BCUT2D eigenvalue weighted by molar-refractivity contribution is 5.98. The zero-order valence-corrected chi connectivity index (χ0v) is 10.8. The Labute approximate surface area is 111 Å². The van der Waals surface area contributed by atoms with Crippen molar-refractivity contribution in [3.63, 3.8) is 0 Å². The highest BCUT2D eigenvalue weighted by Gasteiger charge is 2.28. The summed E-state index contributed by atoms with van der Waals surface area (Å²) in [6.07, 6.45) is 3.52. The van der Waals surface area contributed by atoms with E-state index in [9.17, 15) is 4.79 Å². The number of fused-ring (bicyclic) bond motifs is 1. The van der Waals surface area contributed by atoms with Gasteiger partial charge in [-0.3, -0.25) is 9.48 Å². The van der Waals surface area contributed by atoms with Gasteiger partial charge < -0.3 is 10.6 Å². The van der Waals surface area contributed by atoms with Crippen molar-refractivity contribution in [3.05, 3.63) is 42.2 Å². The van der Waals surface area contributed by atoms with Crippen molar-refractivity contribution in [2.24, 2.45) is 0 Å². The highest BCUT2D eigenvalue weighted by Crippen LogP contribution is 2.31. The van der Waals surface area contributed by atoms with E-state index in [1.165, 1.54) is 0 Å². The van der Waals surface area contributed by atoms with Crippen molar-refractivity contribution in [2.45, 2.75) is 19.4 Å². The monoisotopic (exact) mass is 256 g/mol. The molecule has 0 fully saturated rings. The van der Waals surface area contributed by atoms with Crippen molar-refractivity contribution in [2.75, 3.05) is 17.2 Å². The number of amides is 1. The topological polar surface area (TPSA) is 59.0 Å². The molecule has 0 saturated carbocycles. The number of carbonyl (C=O) groups is 1. The molecule has 1 aliphatic rings. The number of hydrogen-bond acceptors (Lipinski definition) is 3. The molecule has 5 nitrogen and oxygen atoms in total. The van der Waals surface area contributed by atoms with Crippen molar-refractivity contribution >= 4 is 17.3 Å². The number of para-hydroxylation sites is 1. The Balaban J connectivity index is 1.75. The van der Waals surface area contributed by atoms with Crippen LogP contribution in [0.3, 0.4) is 0 Å². The van der Waals surface area contributed by atoms with Gasteiger partial charge in [0.15, 0.2) is 0 Å². The number of aromatic nitrogens is 2. The molecule has 2 N–H and O–H groups in total. The molecule has 1 aromatic carbocycles. The van der Waals surface area contributed by atoms with Gasteiger partial charge in [0.05, 0.1) is 17.8 Å². The van der Waals surface area contributed by atoms with Gasteiger partial charge in [-0.05, 0) is 18.6 Å². The van der Waals surface area contributed by atoms with E-state index in [0.29, 0.717) is 6.54 Å². The Bertz CT molecular complexity index is 605. The van der Waals surface area contributed by atoms with E-state index in [4.69, 9.17) is 0 Å². The molecule has 1 unspecified atom stereocenters. The quantitative estimate of drug-likeness (QED) is 0.883. The second-order valence-electron chi connectivity index (χ2n) is 4.59. The molecule has 3 rings (SSSR count). The highest BCUT2D eigenvalue weighted by atomic mass is 16.1. The van der Waals surface area contributed by atoms with Crippen molar-refractivity contribution in [3.8, 4) is 0 Å². The normalized spacial score (nSPS) is 16.8. The number of aryl methyl sites for hydroxylation is 1. The van der Waals surface area contributed by atoms with Crippen LogP contribution >= 0.6 is 0 Å². The standard InChI is InChI=1S/C14H16N4O/c1-2-18-9-10(7-16-18)17-14(19)12-8-15-13-6-4-3-5-11(12)13/h3-7,9,12,15H,2,8H2,1H3,(H,17,19). The zero-order chi connectivity index (χ0) is 13.2. The van der Waals surface area contributed by atoms with E-state index in [1.54, 1.807) is 10.9 Å². The number of nitrogens with zero attached hydrogens (tertiary/aromatic N) is 2. The summed E-state index contributed by atoms with van der Waals surface area (Å²) < 4.78 is 1.79. The Morgan fingerprint density at radius 2 is 2.37 bits per heavy atom. The first kappa shape index (κ1) is 11.8. The number of anilines is 2. The van der Waals surface area contributed by atoms with E-state index >= 15 is 0 Å². The summed E-state index contributed by atoms with van der Waals surface area (Å²) in [5, 5.41) is 10.3. The Morgan fingerprint density at radius 1 is 1.53 bits per heavy atom. The molecule has 1 atom stereocenters. The first-order chi connectivity index (χ1) is 9.28. The third kappa shape index (κ3) is 2.19. The Hall–Kier alpha value is -2.30. The first-order valence-electron chi connectivity index (χ1n) is 6.44. The molecular formula is C14H16N4O. The van der Waals surface area contributed by atoms with E-state index in [0.717, 1.165) is 23.5 Å². The molecule has 2 aromatic rings. The van der Waals surface area contributed by atoms with E-state index in [1.807, 2.05) is 37.4 Å². The summed E-state index contributed by atoms with van der Waals surface area (Å²) in [7, 11) is 0. The van der Waals surface area contributed by atoms with Crippen LogP contribution in [0.25, 0.3) is 0 Å². The summed E-state index contributed by atoms with van der Waals surface area (Å²) in [4.78, 5) is 12.3. The second kappa shape index (κ2) is 4.76. The predicted octanol–water partition coefficient (Wildman–Crippen LogP) is 2.05. The molecule has 2 heterocycles. The number of carbonyl (C=O) groups excluding carboxylic acids is 1. The van der Waals surface area contributed by atoms with Gasteiger partial charge >= 0.3 is 0 Å². The smallest absolute Gasteiger partial charge is 0.233 e. The maximum absolute atomic E-state index is 12.3. The van der Waals surface area contributed by atoms with Gasteiger partial charge in [-0.1, -0.05) is 18.2 Å². The summed E-state index contributed by atoms with van der Waals surface area (Å²) in [5.41, 5.74) is 2.85. The van der Waals surface area contributed by atoms with Crippen LogP contribution in [0.2, 0.25) is 0 Å². The first-order valence-corrected chi connectivity index (χ1v) is 6.44. The van der Waals surface area contributed by atoms with E-state index < -0.39 is 0 Å². The minimum absolute atomic E-state index is 0.00750. The minimum Gasteiger partial charge on any atom is -0.384 e. The van der Waals surface area contributed by atoms with Crippen LogP contribution in [-0.2, 0) is 11.3 Å². The molecule has 19 heavy (non-hydrogen) atoms. The average molecular weight is 256 g/mol. The predicted molar refractivity (Wildman–Crippen MR) is 74.2 cm³/mol. The summed E-state index contributed by atoms with van der Waals surface area (Å²) in [5.74, 6) is -0.130. The zero-order valence-electron chi connectivity index (χ0n) is 10.8. The maximum Gasteiger partial charge on any atom is 0.233 e. The summed E-state index contributed by atoms with van der Waals surface area (Å²) in [6, 6.07) is 7.92. The van der Waals surface area contributed by atoms with Gasteiger partial charge in [-0.2, -0.15) is 5.10 Å². The van der Waals surface area contributed by atoms with Gasteiger partial charge in [-0.25, -0.2) is 0 Å². The molecule has 1 amide bonds. The SMILES string of the molecule is CCn1cc(NC(=O)C2CNc3ccccc32)cn1. The largest absolute Gasteiger partial charge is 0.384 e. The molecule has 1 aliphatic heterocycles. The molecule has 0 bridgehead atoms. The van der Waals surface area contributed by atoms with Crippen LogP contribution in [-0.4, -0.2) is 22.2 Å². The van der Waals surface area contributed by atoms with Crippen LogP contribution < -0.4 is 10.6 Å². The molecule has 0 saturated heterocycles. The van der Waals surface area contributed by atoms with Crippen molar-refractivity contribution in [1.82, 2.24) is 9.78 Å². The summed E-state index contributed by atoms with van der Waals surface area (Å²) in [6.45, 7) is 3.45. The second-order valence-corrected chi connectivity index (χ2v) is 4.59. The van der Waals surface area contributed by atoms with Crippen LogP contribution in [0.5, 0.6) is 0 Å².